The van der Waals surface area contributed by atoms with E-state index in [2.05, 4.69) is 32.7 Å². The Bertz CT molecular complexity index is 1160. The van der Waals surface area contributed by atoms with Crippen molar-refractivity contribution in [2.75, 3.05) is 6.54 Å². The number of carbonyl (C=O) groups excluding carboxylic acids is 1. The lowest BCUT2D eigenvalue weighted by Gasteiger charge is -2.06. The van der Waals surface area contributed by atoms with E-state index in [0.717, 1.165) is 33.4 Å². The first kappa shape index (κ1) is 17.9. The maximum Gasteiger partial charge on any atom is 0.251 e. The monoisotopic (exact) mass is 374 g/mol. The Morgan fingerprint density at radius 2 is 2.07 bits per heavy atom. The number of carbonyl (C=O) groups is 1. The van der Waals surface area contributed by atoms with Gasteiger partial charge in [0.1, 0.15) is 5.82 Å². The molecule has 0 aliphatic heterocycles. The van der Waals surface area contributed by atoms with Crippen molar-refractivity contribution in [1.82, 2.24) is 30.3 Å². The van der Waals surface area contributed by atoms with Gasteiger partial charge in [-0.3, -0.25) is 14.6 Å². The van der Waals surface area contributed by atoms with E-state index in [9.17, 15) is 4.79 Å². The second kappa shape index (κ2) is 7.26. The van der Waals surface area contributed by atoms with E-state index in [1.165, 1.54) is 0 Å². The summed E-state index contributed by atoms with van der Waals surface area (Å²) < 4.78 is 1.81. The number of rotatable bonds is 5. The van der Waals surface area contributed by atoms with Gasteiger partial charge in [-0.15, -0.1) is 0 Å². The quantitative estimate of drug-likeness (QED) is 0.562. The number of nitrogens with one attached hydrogen (secondary N) is 2. The van der Waals surface area contributed by atoms with Gasteiger partial charge >= 0.3 is 0 Å². The van der Waals surface area contributed by atoms with Gasteiger partial charge in [0.2, 0.25) is 0 Å². The lowest BCUT2D eigenvalue weighted by Crippen LogP contribution is -2.23. The molecule has 0 aliphatic carbocycles. The molecule has 0 saturated heterocycles. The third kappa shape index (κ3) is 3.38. The first-order chi connectivity index (χ1) is 13.5. The number of aromatic amines is 1. The molecule has 0 atom stereocenters. The lowest BCUT2D eigenvalue weighted by atomic mass is 10.0. The molecule has 0 aliphatic rings. The minimum Gasteiger partial charge on any atom is -0.352 e. The van der Waals surface area contributed by atoms with Crippen molar-refractivity contribution < 1.29 is 4.79 Å². The van der Waals surface area contributed by atoms with Crippen LogP contribution in [0, 0.1) is 6.92 Å². The van der Waals surface area contributed by atoms with E-state index in [1.54, 1.807) is 0 Å². The van der Waals surface area contributed by atoms with Crippen LogP contribution in [-0.4, -0.2) is 37.4 Å². The van der Waals surface area contributed by atoms with Gasteiger partial charge in [0.25, 0.3) is 5.91 Å². The molecule has 0 radical (unpaired) electrons. The molecule has 142 valence electrons. The van der Waals surface area contributed by atoms with Crippen LogP contribution in [-0.2, 0) is 13.5 Å². The molecule has 28 heavy (non-hydrogen) atoms. The maximum atomic E-state index is 12.1. The molecule has 4 aromatic rings. The van der Waals surface area contributed by atoms with Crippen LogP contribution in [0.4, 0.5) is 0 Å². The number of aryl methyl sites for hydroxylation is 2. The molecule has 0 bridgehead atoms. The molecule has 0 saturated carbocycles. The normalized spacial score (nSPS) is 11.1. The van der Waals surface area contributed by atoms with Crippen LogP contribution in [0.3, 0.4) is 0 Å². The van der Waals surface area contributed by atoms with E-state index < -0.39 is 0 Å². The predicted molar refractivity (Wildman–Crippen MR) is 108 cm³/mol. The van der Waals surface area contributed by atoms with Crippen molar-refractivity contribution in [2.45, 2.75) is 20.3 Å². The van der Waals surface area contributed by atoms with Crippen LogP contribution in [0.1, 0.15) is 34.2 Å². The topological polar surface area (TPSA) is 88.5 Å². The number of hydrogen-bond acceptors (Lipinski definition) is 4. The van der Waals surface area contributed by atoms with Crippen molar-refractivity contribution >= 4 is 16.8 Å². The summed E-state index contributed by atoms with van der Waals surface area (Å²) in [6.45, 7) is 4.44. The number of aromatic nitrogens is 5. The van der Waals surface area contributed by atoms with Crippen molar-refractivity contribution in [3.8, 4) is 11.4 Å². The van der Waals surface area contributed by atoms with Crippen LogP contribution in [0.15, 0.2) is 42.6 Å². The minimum absolute atomic E-state index is 0.0594. The molecule has 2 heterocycles. The summed E-state index contributed by atoms with van der Waals surface area (Å²) in [4.78, 5) is 16.8. The zero-order valence-corrected chi connectivity index (χ0v) is 16.2. The van der Waals surface area contributed by atoms with Gasteiger partial charge < -0.3 is 5.32 Å². The van der Waals surface area contributed by atoms with E-state index in [-0.39, 0.29) is 5.91 Å². The van der Waals surface area contributed by atoms with Gasteiger partial charge in [-0.25, -0.2) is 4.98 Å². The largest absolute Gasteiger partial charge is 0.352 e. The molecule has 4 rings (SSSR count). The van der Waals surface area contributed by atoms with Crippen LogP contribution >= 0.6 is 0 Å². The van der Waals surface area contributed by atoms with Gasteiger partial charge in [-0.05, 0) is 49.2 Å². The Morgan fingerprint density at radius 3 is 2.86 bits per heavy atom. The zero-order chi connectivity index (χ0) is 19.7. The summed E-state index contributed by atoms with van der Waals surface area (Å²) in [6.07, 6.45) is 2.50. The van der Waals surface area contributed by atoms with Gasteiger partial charge in [0.05, 0.1) is 11.7 Å². The van der Waals surface area contributed by atoms with E-state index >= 15 is 0 Å². The summed E-state index contributed by atoms with van der Waals surface area (Å²) >= 11 is 0. The molecule has 0 unspecified atom stereocenters. The van der Waals surface area contributed by atoms with Gasteiger partial charge in [0, 0.05) is 36.5 Å². The van der Waals surface area contributed by atoms with Crippen LogP contribution in [0.25, 0.3) is 22.3 Å². The average Bonchev–Trinajstić information content (AvgIpc) is 3.28. The van der Waals surface area contributed by atoms with Gasteiger partial charge in [-0.1, -0.05) is 12.1 Å². The minimum atomic E-state index is -0.0594. The van der Waals surface area contributed by atoms with Crippen molar-refractivity contribution in [3.63, 3.8) is 0 Å². The highest BCUT2D eigenvalue weighted by Gasteiger charge is 2.14. The molecular weight excluding hydrogens is 352 g/mol. The smallest absolute Gasteiger partial charge is 0.251 e. The first-order valence-corrected chi connectivity index (χ1v) is 9.26. The predicted octanol–water partition coefficient (Wildman–Crippen LogP) is 3.01. The SMILES string of the molecule is CCNC(=O)c1ccc(-c2nc(Cc3ccc4[nH]ncc4c3)n(C)n2)cc1C. The summed E-state index contributed by atoms with van der Waals surface area (Å²) in [5.41, 5.74) is 4.65. The third-order valence-corrected chi connectivity index (χ3v) is 4.79. The second-order valence-corrected chi connectivity index (χ2v) is 6.83. The second-order valence-electron chi connectivity index (χ2n) is 6.83. The maximum absolute atomic E-state index is 12.1. The summed E-state index contributed by atoms with van der Waals surface area (Å²) in [7, 11) is 1.90. The Balaban J connectivity index is 1.60. The van der Waals surface area contributed by atoms with E-state index in [1.807, 2.05) is 56.0 Å². The fraction of sp³-hybridized carbons (Fsp3) is 0.238. The third-order valence-electron chi connectivity index (χ3n) is 4.79. The fourth-order valence-electron chi connectivity index (χ4n) is 3.29. The number of H-pyrrole nitrogens is 1. The standard InChI is InChI=1S/C21H22N6O/c1-4-22-21(28)17-7-6-15(9-13(17)2)20-24-19(27(3)26-20)11-14-5-8-18-16(10-14)12-23-25-18/h5-10,12H,4,11H2,1-3H3,(H,22,28)(H,23,25). The molecule has 7 nitrogen and oxygen atoms in total. The molecule has 7 heteroatoms. The molecule has 0 spiro atoms. The molecule has 2 N–H and O–H groups in total. The summed E-state index contributed by atoms with van der Waals surface area (Å²) in [5, 5.41) is 15.5. The Morgan fingerprint density at radius 1 is 1.21 bits per heavy atom. The van der Waals surface area contributed by atoms with Gasteiger partial charge in [-0.2, -0.15) is 10.2 Å². The summed E-state index contributed by atoms with van der Waals surface area (Å²) in [6, 6.07) is 11.9. The van der Waals surface area contributed by atoms with Crippen molar-refractivity contribution in [3.05, 3.63) is 65.1 Å². The molecule has 0 fully saturated rings. The number of fused-ring (bicyclic) bond motifs is 1. The lowest BCUT2D eigenvalue weighted by molar-refractivity contribution is 0.0955. The molecule has 2 aromatic carbocycles. The average molecular weight is 374 g/mol. The number of hydrogen-bond donors (Lipinski definition) is 2. The molecule has 1 amide bonds. The fourth-order valence-corrected chi connectivity index (χ4v) is 3.29. The highest BCUT2D eigenvalue weighted by molar-refractivity contribution is 5.96. The summed E-state index contributed by atoms with van der Waals surface area (Å²) in [5.74, 6) is 1.48. The molecular formula is C21H22N6O. The van der Waals surface area contributed by atoms with Crippen molar-refractivity contribution in [2.24, 2.45) is 7.05 Å². The molecule has 2 aromatic heterocycles. The Kier molecular flexibility index (Phi) is 4.65. The first-order valence-electron chi connectivity index (χ1n) is 9.26. The van der Waals surface area contributed by atoms with E-state index in [4.69, 9.17) is 4.98 Å². The Labute approximate surface area is 162 Å². The van der Waals surface area contributed by atoms with E-state index in [0.29, 0.717) is 24.4 Å². The number of amides is 1. The van der Waals surface area contributed by atoms with Crippen molar-refractivity contribution in [1.29, 1.82) is 0 Å². The highest BCUT2D eigenvalue weighted by atomic mass is 16.1. The number of nitrogens with zero attached hydrogens (tertiary/aromatic N) is 4. The highest BCUT2D eigenvalue weighted by Crippen LogP contribution is 2.21. The zero-order valence-electron chi connectivity index (χ0n) is 16.2. The number of benzene rings is 2. The Hall–Kier alpha value is -3.48. The van der Waals surface area contributed by atoms with Crippen LogP contribution in [0.5, 0.6) is 0 Å². The van der Waals surface area contributed by atoms with Crippen LogP contribution < -0.4 is 5.32 Å². The van der Waals surface area contributed by atoms with Gasteiger partial charge in [0.15, 0.2) is 5.82 Å². The van der Waals surface area contributed by atoms with Crippen LogP contribution in [0.2, 0.25) is 0 Å².